The third-order valence-corrected chi connectivity index (χ3v) is 3.87. The first-order valence-electron chi connectivity index (χ1n) is 7.51. The molecule has 114 valence electrons. The minimum atomic E-state index is -0.739. The molecule has 0 radical (unpaired) electrons. The van der Waals surface area contributed by atoms with Crippen molar-refractivity contribution < 1.29 is 9.90 Å². The Morgan fingerprint density at radius 3 is 2.50 bits per heavy atom. The molecule has 1 rings (SSSR count). The van der Waals surface area contributed by atoms with Crippen LogP contribution in [0.5, 0.6) is 0 Å². The van der Waals surface area contributed by atoms with Gasteiger partial charge in [0.1, 0.15) is 0 Å². The van der Waals surface area contributed by atoms with Crippen LogP contribution in [0, 0.1) is 16.7 Å². The van der Waals surface area contributed by atoms with Crippen LogP contribution in [0.4, 0.5) is 0 Å². The van der Waals surface area contributed by atoms with E-state index in [0.717, 1.165) is 58.4 Å². The Balaban J connectivity index is 2.19. The van der Waals surface area contributed by atoms with Gasteiger partial charge in [-0.1, -0.05) is 6.42 Å². The van der Waals surface area contributed by atoms with Crippen molar-refractivity contribution >= 4 is 5.97 Å². The maximum atomic E-state index is 10.7. The van der Waals surface area contributed by atoms with Gasteiger partial charge in [-0.3, -0.25) is 9.69 Å². The lowest BCUT2D eigenvalue weighted by molar-refractivity contribution is -0.138. The van der Waals surface area contributed by atoms with Crippen LogP contribution in [0.2, 0.25) is 0 Å². The molecule has 0 aromatic rings. The van der Waals surface area contributed by atoms with Gasteiger partial charge in [0.15, 0.2) is 0 Å². The predicted octanol–water partition coefficient (Wildman–Crippen LogP) is 1.80. The van der Waals surface area contributed by atoms with Gasteiger partial charge in [0, 0.05) is 19.6 Å². The molecule has 0 aliphatic carbocycles. The second-order valence-electron chi connectivity index (χ2n) is 6.32. The van der Waals surface area contributed by atoms with Crippen molar-refractivity contribution in [3.05, 3.63) is 0 Å². The fraction of sp³-hybridized carbons (Fsp3) is 0.867. The molecule has 1 aliphatic rings. The highest BCUT2D eigenvalue weighted by molar-refractivity contribution is 5.69. The van der Waals surface area contributed by atoms with Crippen LogP contribution in [0.1, 0.15) is 39.5 Å². The largest absolute Gasteiger partial charge is 0.480 e. The number of hydrogen-bond acceptors (Lipinski definition) is 4. The van der Waals surface area contributed by atoms with Gasteiger partial charge >= 0.3 is 5.97 Å². The first-order chi connectivity index (χ1) is 9.43. The van der Waals surface area contributed by atoms with Gasteiger partial charge in [-0.2, -0.15) is 5.26 Å². The van der Waals surface area contributed by atoms with Crippen molar-refractivity contribution in [3.63, 3.8) is 0 Å². The number of aliphatic carboxylic acids is 1. The second kappa shape index (κ2) is 8.23. The molecule has 0 spiro atoms. The Bertz CT molecular complexity index is 350. The first-order valence-corrected chi connectivity index (χ1v) is 7.51. The first kappa shape index (κ1) is 16.9. The minimum absolute atomic E-state index is 0.157. The monoisotopic (exact) mass is 281 g/mol. The number of nitrogens with zero attached hydrogens (tertiary/aromatic N) is 3. The highest BCUT2D eigenvalue weighted by Gasteiger charge is 2.18. The maximum absolute atomic E-state index is 10.7. The molecule has 1 aliphatic heterocycles. The van der Waals surface area contributed by atoms with E-state index >= 15 is 0 Å². The maximum Gasteiger partial charge on any atom is 0.317 e. The van der Waals surface area contributed by atoms with E-state index in [1.165, 1.54) is 0 Å². The van der Waals surface area contributed by atoms with Gasteiger partial charge in [-0.05, 0) is 46.2 Å². The van der Waals surface area contributed by atoms with Crippen LogP contribution < -0.4 is 0 Å². The number of carboxylic acid groups (broad SMARTS) is 1. The molecule has 1 heterocycles. The van der Waals surface area contributed by atoms with Crippen molar-refractivity contribution in [1.29, 1.82) is 5.26 Å². The van der Waals surface area contributed by atoms with E-state index < -0.39 is 5.97 Å². The lowest BCUT2D eigenvalue weighted by Crippen LogP contribution is -2.34. The molecule has 0 bridgehead atoms. The van der Waals surface area contributed by atoms with Gasteiger partial charge in [0.25, 0.3) is 0 Å². The number of carboxylic acids is 1. The fourth-order valence-corrected chi connectivity index (χ4v) is 2.56. The lowest BCUT2D eigenvalue weighted by Gasteiger charge is -2.21. The van der Waals surface area contributed by atoms with Gasteiger partial charge in [0.2, 0.25) is 0 Å². The van der Waals surface area contributed by atoms with Crippen molar-refractivity contribution in [2.24, 2.45) is 5.41 Å². The Morgan fingerprint density at radius 2 is 1.85 bits per heavy atom. The van der Waals surface area contributed by atoms with Crippen molar-refractivity contribution in [2.75, 3.05) is 39.3 Å². The summed E-state index contributed by atoms with van der Waals surface area (Å²) in [5, 5.41) is 17.8. The molecule has 0 aromatic heterocycles. The fourth-order valence-electron chi connectivity index (χ4n) is 2.56. The van der Waals surface area contributed by atoms with Crippen LogP contribution in [-0.2, 0) is 4.79 Å². The molecular weight excluding hydrogens is 254 g/mol. The van der Waals surface area contributed by atoms with Crippen molar-refractivity contribution in [1.82, 2.24) is 9.80 Å². The van der Waals surface area contributed by atoms with E-state index in [9.17, 15) is 4.79 Å². The molecule has 20 heavy (non-hydrogen) atoms. The Morgan fingerprint density at radius 1 is 1.20 bits per heavy atom. The second-order valence-corrected chi connectivity index (χ2v) is 6.32. The summed E-state index contributed by atoms with van der Waals surface area (Å²) in [4.78, 5) is 15.1. The normalized spacial score (nSPS) is 18.4. The third-order valence-electron chi connectivity index (χ3n) is 3.87. The molecule has 5 nitrogen and oxygen atoms in total. The molecule has 0 atom stereocenters. The van der Waals surface area contributed by atoms with Crippen LogP contribution in [-0.4, -0.2) is 60.1 Å². The molecule has 0 unspecified atom stereocenters. The van der Waals surface area contributed by atoms with Crippen molar-refractivity contribution in [2.45, 2.75) is 39.5 Å². The summed E-state index contributed by atoms with van der Waals surface area (Å²) in [7, 11) is 0. The third kappa shape index (κ3) is 6.88. The average molecular weight is 281 g/mol. The summed E-state index contributed by atoms with van der Waals surface area (Å²) in [6.07, 6.45) is 4.18. The SMILES string of the molecule is CC(C)(C#N)CCCCN1CCCN(CC(=O)O)CC1. The molecule has 0 saturated carbocycles. The van der Waals surface area contributed by atoms with Crippen LogP contribution in [0.15, 0.2) is 0 Å². The van der Waals surface area contributed by atoms with E-state index in [-0.39, 0.29) is 12.0 Å². The van der Waals surface area contributed by atoms with Gasteiger partial charge in [-0.15, -0.1) is 0 Å². The quantitative estimate of drug-likeness (QED) is 0.721. The minimum Gasteiger partial charge on any atom is -0.480 e. The van der Waals surface area contributed by atoms with Crippen LogP contribution in [0.3, 0.4) is 0 Å². The number of unbranched alkanes of at least 4 members (excludes halogenated alkanes) is 1. The Kier molecular flexibility index (Phi) is 6.97. The zero-order chi connectivity index (χ0) is 15.0. The van der Waals surface area contributed by atoms with Gasteiger partial charge in [0.05, 0.1) is 18.0 Å². The molecule has 1 saturated heterocycles. The lowest BCUT2D eigenvalue weighted by atomic mass is 9.89. The van der Waals surface area contributed by atoms with Crippen molar-refractivity contribution in [3.8, 4) is 6.07 Å². The van der Waals surface area contributed by atoms with E-state index in [1.54, 1.807) is 0 Å². The van der Waals surface area contributed by atoms with E-state index in [1.807, 2.05) is 18.7 Å². The summed E-state index contributed by atoms with van der Waals surface area (Å²) in [5.74, 6) is -0.739. The predicted molar refractivity (Wildman–Crippen MR) is 78.4 cm³/mol. The van der Waals surface area contributed by atoms with E-state index in [0.29, 0.717) is 0 Å². The van der Waals surface area contributed by atoms with Crippen LogP contribution >= 0.6 is 0 Å². The van der Waals surface area contributed by atoms with Gasteiger partial charge < -0.3 is 10.0 Å². The highest BCUT2D eigenvalue weighted by atomic mass is 16.4. The zero-order valence-corrected chi connectivity index (χ0v) is 12.8. The number of rotatable bonds is 7. The molecule has 0 aromatic carbocycles. The number of nitriles is 1. The number of hydrogen-bond donors (Lipinski definition) is 1. The molecular formula is C15H27N3O2. The summed E-state index contributed by atoms with van der Waals surface area (Å²) >= 11 is 0. The average Bonchev–Trinajstić information content (AvgIpc) is 2.60. The molecule has 1 fully saturated rings. The summed E-state index contributed by atoms with van der Waals surface area (Å²) in [6.45, 7) is 8.92. The number of carbonyl (C=O) groups is 1. The highest BCUT2D eigenvalue weighted by Crippen LogP contribution is 2.21. The van der Waals surface area contributed by atoms with Gasteiger partial charge in [-0.25, -0.2) is 0 Å². The summed E-state index contributed by atoms with van der Waals surface area (Å²) < 4.78 is 0. The zero-order valence-electron chi connectivity index (χ0n) is 12.8. The standard InChI is InChI=1S/C15H27N3O2/c1-15(2,13-16)6-3-4-7-17-8-5-9-18(11-10-17)12-14(19)20/h3-12H2,1-2H3,(H,19,20). The van der Waals surface area contributed by atoms with Crippen LogP contribution in [0.25, 0.3) is 0 Å². The summed E-state index contributed by atoms with van der Waals surface area (Å²) in [6, 6.07) is 2.34. The molecule has 5 heteroatoms. The van der Waals surface area contributed by atoms with E-state index in [2.05, 4.69) is 11.0 Å². The smallest absolute Gasteiger partial charge is 0.317 e. The Hall–Kier alpha value is -1.12. The summed E-state index contributed by atoms with van der Waals surface area (Å²) in [5.41, 5.74) is -0.211. The molecule has 1 N–H and O–H groups in total. The Labute approximate surface area is 122 Å². The topological polar surface area (TPSA) is 67.6 Å². The van der Waals surface area contributed by atoms with E-state index in [4.69, 9.17) is 10.4 Å². The molecule has 0 amide bonds.